The van der Waals surface area contributed by atoms with Crippen LogP contribution in [-0.2, 0) is 6.54 Å². The van der Waals surface area contributed by atoms with Crippen LogP contribution in [0, 0.1) is 19.7 Å². The Bertz CT molecular complexity index is 1130. The molecule has 4 nitrogen and oxygen atoms in total. The molecule has 0 unspecified atom stereocenters. The Balaban J connectivity index is 1.64. The lowest BCUT2D eigenvalue weighted by atomic mass is 10.0. The van der Waals surface area contributed by atoms with Crippen LogP contribution in [0.2, 0.25) is 0 Å². The summed E-state index contributed by atoms with van der Waals surface area (Å²) in [5.74, 6) is -0.285. The van der Waals surface area contributed by atoms with Gasteiger partial charge in [-0.15, -0.1) is 0 Å². The highest BCUT2D eigenvalue weighted by molar-refractivity contribution is 7.80. The zero-order valence-corrected chi connectivity index (χ0v) is 18.1. The van der Waals surface area contributed by atoms with Crippen LogP contribution in [-0.4, -0.2) is 21.0 Å². The predicted octanol–water partition coefficient (Wildman–Crippen LogP) is 5.43. The highest BCUT2D eigenvalue weighted by atomic mass is 32.1. The van der Waals surface area contributed by atoms with E-state index in [1.807, 2.05) is 26.0 Å². The van der Waals surface area contributed by atoms with E-state index >= 15 is 0 Å². The summed E-state index contributed by atoms with van der Waals surface area (Å²) in [5, 5.41) is 4.81. The van der Waals surface area contributed by atoms with E-state index in [0.717, 1.165) is 53.4 Å². The van der Waals surface area contributed by atoms with Gasteiger partial charge in [0.05, 0.1) is 12.1 Å². The van der Waals surface area contributed by atoms with E-state index in [9.17, 15) is 9.18 Å². The second-order valence-corrected chi connectivity index (χ2v) is 8.49. The summed E-state index contributed by atoms with van der Waals surface area (Å²) in [6.07, 6.45) is 4.42. The Labute approximate surface area is 181 Å². The van der Waals surface area contributed by atoms with Crippen LogP contribution in [0.1, 0.15) is 42.4 Å². The van der Waals surface area contributed by atoms with E-state index in [2.05, 4.69) is 21.3 Å². The molecule has 0 bridgehead atoms. The second kappa shape index (κ2) is 8.56. The molecule has 0 amide bonds. The van der Waals surface area contributed by atoms with Gasteiger partial charge in [0, 0.05) is 17.3 Å². The number of aromatic nitrogens is 1. The van der Waals surface area contributed by atoms with Gasteiger partial charge in [-0.25, -0.2) is 4.39 Å². The molecule has 1 saturated carbocycles. The first kappa shape index (κ1) is 20.5. The summed E-state index contributed by atoms with van der Waals surface area (Å²) < 4.78 is 13.2. The predicted molar refractivity (Wildman–Crippen MR) is 124 cm³/mol. The number of hydrogen-bond donors (Lipinski definition) is 2. The lowest BCUT2D eigenvalue weighted by Gasteiger charge is -2.31. The molecule has 1 fully saturated rings. The summed E-state index contributed by atoms with van der Waals surface area (Å²) in [4.78, 5) is 18.1. The largest absolute Gasteiger partial charge is 0.342 e. The number of anilines is 1. The van der Waals surface area contributed by atoms with E-state index in [-0.39, 0.29) is 11.4 Å². The first-order valence-electron chi connectivity index (χ1n) is 10.4. The van der Waals surface area contributed by atoms with Crippen molar-refractivity contribution in [2.24, 2.45) is 0 Å². The molecular weight excluding hydrogens is 397 g/mol. The average Bonchev–Trinajstić information content (AvgIpc) is 3.26. The van der Waals surface area contributed by atoms with Crippen molar-refractivity contribution < 1.29 is 4.39 Å². The van der Waals surface area contributed by atoms with E-state index < -0.39 is 0 Å². The van der Waals surface area contributed by atoms with Crippen molar-refractivity contribution in [1.29, 1.82) is 0 Å². The fraction of sp³-hybridized carbons (Fsp3) is 0.333. The molecule has 0 aliphatic heterocycles. The van der Waals surface area contributed by atoms with Crippen LogP contribution in [0.5, 0.6) is 0 Å². The Hall–Kier alpha value is -2.73. The van der Waals surface area contributed by atoms with Crippen LogP contribution < -0.4 is 10.9 Å². The number of hydrogen-bond acceptors (Lipinski definition) is 2. The van der Waals surface area contributed by atoms with Gasteiger partial charge in [0.2, 0.25) is 0 Å². The van der Waals surface area contributed by atoms with Gasteiger partial charge < -0.3 is 15.2 Å². The molecule has 4 rings (SSSR count). The number of halogens is 1. The first-order valence-corrected chi connectivity index (χ1v) is 10.8. The second-order valence-electron chi connectivity index (χ2n) is 8.10. The van der Waals surface area contributed by atoms with E-state index in [0.29, 0.717) is 23.3 Å². The van der Waals surface area contributed by atoms with Crippen LogP contribution in [0.3, 0.4) is 0 Å². The Morgan fingerprint density at radius 2 is 1.87 bits per heavy atom. The fourth-order valence-corrected chi connectivity index (χ4v) is 4.51. The molecule has 0 atom stereocenters. The molecule has 6 heteroatoms. The summed E-state index contributed by atoms with van der Waals surface area (Å²) in [7, 11) is 0. The molecule has 30 heavy (non-hydrogen) atoms. The van der Waals surface area contributed by atoms with Crippen molar-refractivity contribution in [2.75, 3.05) is 5.32 Å². The zero-order valence-electron chi connectivity index (χ0n) is 17.3. The molecule has 0 radical (unpaired) electrons. The summed E-state index contributed by atoms with van der Waals surface area (Å²) in [5.41, 5.74) is 4.50. The number of pyridine rings is 1. The van der Waals surface area contributed by atoms with Crippen molar-refractivity contribution in [3.8, 4) is 0 Å². The molecule has 3 aromatic rings. The summed E-state index contributed by atoms with van der Waals surface area (Å²) in [6, 6.07) is 12.5. The molecule has 2 N–H and O–H groups in total. The van der Waals surface area contributed by atoms with Crippen LogP contribution in [0.4, 0.5) is 10.1 Å². The van der Waals surface area contributed by atoms with E-state index in [4.69, 9.17) is 12.2 Å². The monoisotopic (exact) mass is 423 g/mol. The van der Waals surface area contributed by atoms with Gasteiger partial charge in [-0.3, -0.25) is 4.79 Å². The lowest BCUT2D eigenvalue weighted by molar-refractivity contribution is 0.311. The molecule has 1 heterocycles. The average molecular weight is 424 g/mol. The highest BCUT2D eigenvalue weighted by Crippen LogP contribution is 2.26. The van der Waals surface area contributed by atoms with Gasteiger partial charge >= 0.3 is 0 Å². The fourth-order valence-electron chi connectivity index (χ4n) is 4.18. The number of nitrogens with zero attached hydrogens (tertiary/aromatic N) is 1. The summed E-state index contributed by atoms with van der Waals surface area (Å²) >= 11 is 5.71. The molecule has 156 valence electrons. The van der Waals surface area contributed by atoms with Gasteiger partial charge in [0.25, 0.3) is 5.56 Å². The third-order valence-electron chi connectivity index (χ3n) is 6.09. The van der Waals surface area contributed by atoms with Crippen molar-refractivity contribution >= 4 is 33.9 Å². The molecule has 0 saturated heterocycles. The minimum atomic E-state index is -0.285. The molecule has 0 spiro atoms. The van der Waals surface area contributed by atoms with Gasteiger partial charge in [0.1, 0.15) is 5.82 Å². The number of aromatic amines is 1. The topological polar surface area (TPSA) is 48.1 Å². The number of fused-ring (bicyclic) bond motifs is 1. The minimum absolute atomic E-state index is 0.0798. The Kier molecular flexibility index (Phi) is 5.86. The van der Waals surface area contributed by atoms with Crippen molar-refractivity contribution in [1.82, 2.24) is 9.88 Å². The van der Waals surface area contributed by atoms with Crippen LogP contribution in [0.15, 0.2) is 47.3 Å². The van der Waals surface area contributed by atoms with E-state index in [1.165, 1.54) is 12.1 Å². The molecule has 1 aliphatic carbocycles. The molecule has 2 aromatic carbocycles. The maximum Gasteiger partial charge on any atom is 0.253 e. The van der Waals surface area contributed by atoms with Crippen molar-refractivity contribution in [3.63, 3.8) is 0 Å². The first-order chi connectivity index (χ1) is 14.4. The van der Waals surface area contributed by atoms with E-state index in [1.54, 1.807) is 12.1 Å². The number of H-pyrrole nitrogens is 1. The number of thiocarbonyl (C=S) groups is 1. The van der Waals surface area contributed by atoms with Gasteiger partial charge in [-0.05, 0) is 85.8 Å². The van der Waals surface area contributed by atoms with Crippen LogP contribution >= 0.6 is 12.2 Å². The number of benzene rings is 2. The maximum atomic E-state index is 13.2. The zero-order chi connectivity index (χ0) is 21.3. The Morgan fingerprint density at radius 1 is 1.17 bits per heavy atom. The van der Waals surface area contributed by atoms with Crippen LogP contribution in [0.25, 0.3) is 10.9 Å². The van der Waals surface area contributed by atoms with Gasteiger partial charge in [0.15, 0.2) is 5.11 Å². The highest BCUT2D eigenvalue weighted by Gasteiger charge is 2.26. The quantitative estimate of drug-likeness (QED) is 0.550. The smallest absolute Gasteiger partial charge is 0.253 e. The summed E-state index contributed by atoms with van der Waals surface area (Å²) in [6.45, 7) is 4.51. The number of nitrogens with one attached hydrogen (secondary N) is 2. The lowest BCUT2D eigenvalue weighted by Crippen LogP contribution is -2.42. The van der Waals surface area contributed by atoms with Gasteiger partial charge in [-0.1, -0.05) is 25.0 Å². The minimum Gasteiger partial charge on any atom is -0.342 e. The molecule has 1 aromatic heterocycles. The van der Waals surface area contributed by atoms with Gasteiger partial charge in [-0.2, -0.15) is 0 Å². The third-order valence-corrected chi connectivity index (χ3v) is 6.43. The Morgan fingerprint density at radius 3 is 2.57 bits per heavy atom. The number of aryl methyl sites for hydroxylation is 2. The standard InChI is InChI=1S/C24H26FN3OS/c1-15-7-8-17-13-18(23(29)27-22(17)16(15)2)14-28(21-5-3-4-6-21)24(30)26-20-11-9-19(25)10-12-20/h7-13,21H,3-6,14H2,1-2H3,(H,26,30)(H,27,29). The van der Waals surface area contributed by atoms with Crippen molar-refractivity contribution in [2.45, 2.75) is 52.1 Å². The third kappa shape index (κ3) is 4.24. The van der Waals surface area contributed by atoms with Crippen molar-refractivity contribution in [3.05, 3.63) is 75.3 Å². The number of rotatable bonds is 4. The SMILES string of the molecule is Cc1ccc2cc(CN(C(=S)Nc3ccc(F)cc3)C3CCCC3)c(=O)[nH]c2c1C. The molecule has 1 aliphatic rings. The molecular formula is C24H26FN3OS. The maximum absolute atomic E-state index is 13.2. The normalized spacial score (nSPS) is 14.2.